The van der Waals surface area contributed by atoms with Gasteiger partial charge in [0.25, 0.3) is 5.91 Å². The lowest BCUT2D eigenvalue weighted by Crippen LogP contribution is -2.14. The predicted molar refractivity (Wildman–Crippen MR) is 101 cm³/mol. The van der Waals surface area contributed by atoms with Gasteiger partial charge in [0.05, 0.1) is 14.2 Å². The highest BCUT2D eigenvalue weighted by Crippen LogP contribution is 2.23. The number of ether oxygens (including phenoxy) is 2. The van der Waals surface area contributed by atoms with Crippen molar-refractivity contribution in [3.63, 3.8) is 0 Å². The summed E-state index contributed by atoms with van der Waals surface area (Å²) in [6, 6.07) is 12.2. The van der Waals surface area contributed by atoms with Crippen molar-refractivity contribution in [2.24, 2.45) is 0 Å². The molecule has 1 aromatic carbocycles. The molecule has 8 heteroatoms. The van der Waals surface area contributed by atoms with Crippen LogP contribution in [0.4, 0.5) is 11.6 Å². The predicted octanol–water partition coefficient (Wildman–Crippen LogP) is 2.75. The Morgan fingerprint density at radius 3 is 2.15 bits per heavy atom. The SMILES string of the molecule is COc1cc(OC)cc(C(=O)Nc2ccc(NCc3ccncc3)nn2)c1. The van der Waals surface area contributed by atoms with E-state index in [1.807, 2.05) is 12.1 Å². The first-order valence-corrected chi connectivity index (χ1v) is 8.19. The first kappa shape index (κ1) is 18.1. The number of methoxy groups -OCH3 is 2. The second-order valence-corrected chi connectivity index (χ2v) is 5.57. The van der Waals surface area contributed by atoms with Crippen molar-refractivity contribution in [3.8, 4) is 11.5 Å². The molecule has 0 aliphatic carbocycles. The second kappa shape index (κ2) is 8.61. The number of benzene rings is 1. The van der Waals surface area contributed by atoms with E-state index in [9.17, 15) is 4.79 Å². The van der Waals surface area contributed by atoms with Gasteiger partial charge in [-0.15, -0.1) is 10.2 Å². The molecule has 3 rings (SSSR count). The largest absolute Gasteiger partial charge is 0.497 e. The summed E-state index contributed by atoms with van der Waals surface area (Å²) in [6.45, 7) is 0.604. The topological polar surface area (TPSA) is 98.3 Å². The fraction of sp³-hybridized carbons (Fsp3) is 0.158. The molecule has 0 unspecified atom stereocenters. The van der Waals surface area contributed by atoms with Gasteiger partial charge in [0.1, 0.15) is 17.3 Å². The molecular formula is C19H19N5O3. The van der Waals surface area contributed by atoms with Crippen molar-refractivity contribution in [1.82, 2.24) is 15.2 Å². The van der Waals surface area contributed by atoms with E-state index in [0.29, 0.717) is 35.2 Å². The van der Waals surface area contributed by atoms with E-state index in [4.69, 9.17) is 9.47 Å². The van der Waals surface area contributed by atoms with E-state index in [2.05, 4.69) is 25.8 Å². The van der Waals surface area contributed by atoms with Crippen LogP contribution in [-0.4, -0.2) is 35.3 Å². The fourth-order valence-electron chi connectivity index (χ4n) is 2.31. The molecule has 0 bridgehead atoms. The highest BCUT2D eigenvalue weighted by molar-refractivity contribution is 6.04. The highest BCUT2D eigenvalue weighted by atomic mass is 16.5. The number of nitrogens with zero attached hydrogens (tertiary/aromatic N) is 3. The van der Waals surface area contributed by atoms with Gasteiger partial charge in [-0.1, -0.05) is 0 Å². The monoisotopic (exact) mass is 365 g/mol. The number of hydrogen-bond donors (Lipinski definition) is 2. The summed E-state index contributed by atoms with van der Waals surface area (Å²) in [5.74, 6) is 1.67. The standard InChI is InChI=1S/C19H19N5O3/c1-26-15-9-14(10-16(11-15)27-2)19(25)22-18-4-3-17(23-24-18)21-12-13-5-7-20-8-6-13/h3-11H,12H2,1-2H3,(H,21,23)(H,22,24,25). The molecule has 0 spiro atoms. The normalized spacial score (nSPS) is 10.1. The molecule has 0 aliphatic heterocycles. The highest BCUT2D eigenvalue weighted by Gasteiger charge is 2.11. The summed E-state index contributed by atoms with van der Waals surface area (Å²) in [4.78, 5) is 16.4. The summed E-state index contributed by atoms with van der Waals surface area (Å²) in [5, 5.41) is 13.9. The fourth-order valence-corrected chi connectivity index (χ4v) is 2.31. The molecule has 3 aromatic rings. The molecule has 1 amide bonds. The summed E-state index contributed by atoms with van der Waals surface area (Å²) in [5.41, 5.74) is 1.48. The van der Waals surface area contributed by atoms with Gasteiger partial charge in [-0.3, -0.25) is 9.78 Å². The van der Waals surface area contributed by atoms with Gasteiger partial charge in [-0.25, -0.2) is 0 Å². The molecule has 27 heavy (non-hydrogen) atoms. The molecule has 2 N–H and O–H groups in total. The summed E-state index contributed by atoms with van der Waals surface area (Å²) in [6.07, 6.45) is 3.46. The Morgan fingerprint density at radius 2 is 1.56 bits per heavy atom. The van der Waals surface area contributed by atoms with Crippen LogP contribution in [0, 0.1) is 0 Å². The molecule has 0 atom stereocenters. The Labute approximate surface area is 156 Å². The zero-order valence-corrected chi connectivity index (χ0v) is 15.0. The number of rotatable bonds is 7. The zero-order chi connectivity index (χ0) is 19.1. The van der Waals surface area contributed by atoms with Crippen molar-refractivity contribution < 1.29 is 14.3 Å². The number of nitrogens with one attached hydrogen (secondary N) is 2. The van der Waals surface area contributed by atoms with Crippen molar-refractivity contribution in [1.29, 1.82) is 0 Å². The van der Waals surface area contributed by atoms with Crippen LogP contribution in [0.1, 0.15) is 15.9 Å². The third-order valence-corrected chi connectivity index (χ3v) is 3.74. The molecular weight excluding hydrogens is 346 g/mol. The molecule has 8 nitrogen and oxygen atoms in total. The molecule has 0 saturated carbocycles. The Kier molecular flexibility index (Phi) is 5.78. The summed E-state index contributed by atoms with van der Waals surface area (Å²) in [7, 11) is 3.05. The lowest BCUT2D eigenvalue weighted by Gasteiger charge is -2.09. The van der Waals surface area contributed by atoms with E-state index >= 15 is 0 Å². The lowest BCUT2D eigenvalue weighted by atomic mass is 10.2. The number of anilines is 2. The van der Waals surface area contributed by atoms with Crippen LogP contribution in [0.5, 0.6) is 11.5 Å². The van der Waals surface area contributed by atoms with Gasteiger partial charge in [0.15, 0.2) is 5.82 Å². The molecule has 0 radical (unpaired) electrons. The Morgan fingerprint density at radius 1 is 0.926 bits per heavy atom. The van der Waals surface area contributed by atoms with E-state index in [-0.39, 0.29) is 5.91 Å². The summed E-state index contributed by atoms with van der Waals surface area (Å²) < 4.78 is 10.4. The van der Waals surface area contributed by atoms with Crippen LogP contribution in [0.25, 0.3) is 0 Å². The smallest absolute Gasteiger partial charge is 0.257 e. The van der Waals surface area contributed by atoms with E-state index < -0.39 is 0 Å². The first-order valence-electron chi connectivity index (χ1n) is 8.19. The average Bonchev–Trinajstić information content (AvgIpc) is 2.73. The van der Waals surface area contributed by atoms with Gasteiger partial charge in [-0.05, 0) is 42.0 Å². The maximum absolute atomic E-state index is 12.4. The molecule has 0 saturated heterocycles. The molecule has 0 fully saturated rings. The number of carbonyl (C=O) groups is 1. The number of aromatic nitrogens is 3. The number of amides is 1. The quantitative estimate of drug-likeness (QED) is 0.664. The zero-order valence-electron chi connectivity index (χ0n) is 15.0. The maximum Gasteiger partial charge on any atom is 0.257 e. The minimum Gasteiger partial charge on any atom is -0.497 e. The van der Waals surface area contributed by atoms with Gasteiger partial charge in [-0.2, -0.15) is 0 Å². The molecule has 2 heterocycles. The van der Waals surface area contributed by atoms with E-state index in [1.165, 1.54) is 14.2 Å². The molecule has 0 aliphatic rings. The van der Waals surface area contributed by atoms with E-state index in [0.717, 1.165) is 5.56 Å². The second-order valence-electron chi connectivity index (χ2n) is 5.57. The Balaban J connectivity index is 1.63. The van der Waals surface area contributed by atoms with Crippen LogP contribution in [0.2, 0.25) is 0 Å². The van der Waals surface area contributed by atoms with Crippen molar-refractivity contribution in [3.05, 3.63) is 66.0 Å². The van der Waals surface area contributed by atoms with Gasteiger partial charge >= 0.3 is 0 Å². The average molecular weight is 365 g/mol. The first-order chi connectivity index (χ1) is 13.2. The van der Waals surface area contributed by atoms with Crippen LogP contribution in [0.15, 0.2) is 54.9 Å². The van der Waals surface area contributed by atoms with Crippen LogP contribution < -0.4 is 20.1 Å². The summed E-state index contributed by atoms with van der Waals surface area (Å²) >= 11 is 0. The van der Waals surface area contributed by atoms with E-state index in [1.54, 1.807) is 42.7 Å². The maximum atomic E-state index is 12.4. The Bertz CT molecular complexity index is 879. The van der Waals surface area contributed by atoms with Crippen molar-refractivity contribution >= 4 is 17.5 Å². The van der Waals surface area contributed by atoms with Crippen molar-refractivity contribution in [2.45, 2.75) is 6.54 Å². The number of hydrogen-bond acceptors (Lipinski definition) is 7. The third-order valence-electron chi connectivity index (χ3n) is 3.74. The number of carbonyl (C=O) groups excluding carboxylic acids is 1. The third kappa shape index (κ3) is 4.91. The lowest BCUT2D eigenvalue weighted by molar-refractivity contribution is 0.102. The van der Waals surface area contributed by atoms with Crippen LogP contribution in [-0.2, 0) is 6.54 Å². The van der Waals surface area contributed by atoms with Crippen molar-refractivity contribution in [2.75, 3.05) is 24.9 Å². The minimum absolute atomic E-state index is 0.334. The van der Waals surface area contributed by atoms with Crippen LogP contribution in [0.3, 0.4) is 0 Å². The number of pyridine rings is 1. The van der Waals surface area contributed by atoms with Gasteiger partial charge in [0.2, 0.25) is 0 Å². The molecule has 138 valence electrons. The minimum atomic E-state index is -0.334. The van der Waals surface area contributed by atoms with Gasteiger partial charge in [0, 0.05) is 30.6 Å². The molecule has 2 aromatic heterocycles. The van der Waals surface area contributed by atoms with Crippen LogP contribution >= 0.6 is 0 Å². The Hall–Kier alpha value is -3.68. The van der Waals surface area contributed by atoms with Gasteiger partial charge < -0.3 is 20.1 Å².